The van der Waals surface area contributed by atoms with Crippen LogP contribution in [-0.4, -0.2) is 77.7 Å². The maximum absolute atomic E-state index is 13.9. The maximum atomic E-state index is 13.9. The molecule has 46 heavy (non-hydrogen) atoms. The van der Waals surface area contributed by atoms with Crippen molar-refractivity contribution in [1.82, 2.24) is 10.6 Å². The van der Waals surface area contributed by atoms with Crippen molar-refractivity contribution in [2.75, 3.05) is 19.5 Å². The van der Waals surface area contributed by atoms with Crippen LogP contribution in [0.1, 0.15) is 78.2 Å². The summed E-state index contributed by atoms with van der Waals surface area (Å²) in [5.74, 6) is -0.673. The number of ether oxygens (including phenoxy) is 3. The second-order valence-corrected chi connectivity index (χ2v) is 26.0. The molecule has 0 unspecified atom stereocenters. The molecule has 0 aromatic heterocycles. The van der Waals surface area contributed by atoms with Crippen molar-refractivity contribution in [2.24, 2.45) is 0 Å². The van der Waals surface area contributed by atoms with E-state index >= 15 is 0 Å². The van der Waals surface area contributed by atoms with Crippen molar-refractivity contribution in [3.05, 3.63) is 23.3 Å². The lowest BCUT2D eigenvalue weighted by molar-refractivity contribution is -0.144. The van der Waals surface area contributed by atoms with Crippen molar-refractivity contribution in [3.8, 4) is 11.5 Å². The largest absolute Gasteiger partial charge is 0.543 e. The number of amides is 2. The molecule has 1 aromatic rings. The molecule has 0 saturated carbocycles. The Balaban J connectivity index is 2.71. The van der Waals surface area contributed by atoms with Gasteiger partial charge in [0.1, 0.15) is 35.8 Å². The average Bonchev–Trinajstić information content (AvgIpc) is 2.87. The molecular weight excluding hydrogens is 645 g/mol. The first-order valence-corrected chi connectivity index (χ1v) is 22.4. The molecule has 2 atom stereocenters. The second kappa shape index (κ2) is 14.6. The molecule has 0 spiro atoms. The minimum Gasteiger partial charge on any atom is -0.543 e. The maximum Gasteiger partial charge on any atom is 0.408 e. The number of benzene rings is 1. The molecule has 1 aliphatic heterocycles. The fourth-order valence-electron chi connectivity index (χ4n) is 3.71. The summed E-state index contributed by atoms with van der Waals surface area (Å²) in [5.41, 5.74) is -0.0213. The third-order valence-corrected chi connectivity index (χ3v) is 18.2. The van der Waals surface area contributed by atoms with Crippen LogP contribution >= 0.6 is 11.8 Å². The summed E-state index contributed by atoms with van der Waals surface area (Å²) in [7, 11) is -3.51. The summed E-state index contributed by atoms with van der Waals surface area (Å²) in [6.45, 7) is 25.8. The molecule has 1 aliphatic rings. The van der Waals surface area contributed by atoms with Crippen molar-refractivity contribution >= 4 is 52.3 Å². The number of nitrogens with one attached hydrogen (secondary N) is 2. The van der Waals surface area contributed by atoms with Crippen LogP contribution in [0, 0.1) is 0 Å². The fourth-order valence-corrected chi connectivity index (χ4v) is 6.83. The molecule has 0 saturated heterocycles. The standard InChI is InChI=1S/C32H54N2O9SSi2/c1-30(2,3)41-29(38)34-23-17-40-27(36)21-15-20(42-45(11,12)31(4,5)6)16-25(43-46(13,14)32(7,8)9)22(21)18-44-19-24(28(37)39-10)33-26(23)35/h15-16,23-24H,17-19H2,1-14H3,(H,33,35)(H,34,38)/t23-,24+/m1/s1. The number of hydrogen-bond acceptors (Lipinski definition) is 10. The Morgan fingerprint density at radius 1 is 0.935 bits per heavy atom. The first-order chi connectivity index (χ1) is 20.8. The van der Waals surface area contributed by atoms with Gasteiger partial charge >= 0.3 is 18.0 Å². The number of methoxy groups -OCH3 is 1. The summed E-state index contributed by atoms with van der Waals surface area (Å²) in [4.78, 5) is 52.5. The van der Waals surface area contributed by atoms with E-state index in [2.05, 4.69) is 78.4 Å². The van der Waals surface area contributed by atoms with Gasteiger partial charge < -0.3 is 33.7 Å². The Kier molecular flexibility index (Phi) is 12.5. The lowest BCUT2D eigenvalue weighted by Crippen LogP contribution is -2.55. The molecular formula is C32H54N2O9SSi2. The van der Waals surface area contributed by atoms with Crippen LogP contribution in [0.15, 0.2) is 12.1 Å². The van der Waals surface area contributed by atoms with Crippen LogP contribution in [0.25, 0.3) is 0 Å². The van der Waals surface area contributed by atoms with Crippen LogP contribution in [0.4, 0.5) is 4.79 Å². The number of fused-ring (bicyclic) bond motifs is 1. The summed E-state index contributed by atoms with van der Waals surface area (Å²) >= 11 is 1.33. The Bertz CT molecular complexity index is 1300. The van der Waals surface area contributed by atoms with Gasteiger partial charge in [-0.15, -0.1) is 0 Å². The number of carbonyl (C=O) groups is 4. The van der Waals surface area contributed by atoms with E-state index in [4.69, 9.17) is 23.1 Å². The normalized spacial score (nSPS) is 18.9. The number of hydrogen-bond donors (Lipinski definition) is 2. The predicted molar refractivity (Wildman–Crippen MR) is 186 cm³/mol. The topological polar surface area (TPSA) is 138 Å². The van der Waals surface area contributed by atoms with Crippen molar-refractivity contribution < 1.29 is 42.2 Å². The molecule has 0 radical (unpaired) electrons. The first-order valence-electron chi connectivity index (χ1n) is 15.5. The number of esters is 2. The van der Waals surface area contributed by atoms with Crippen molar-refractivity contribution in [1.29, 1.82) is 0 Å². The highest BCUT2D eigenvalue weighted by atomic mass is 32.2. The third kappa shape index (κ3) is 10.7. The van der Waals surface area contributed by atoms with E-state index in [1.165, 1.54) is 18.9 Å². The third-order valence-electron chi connectivity index (χ3n) is 8.47. The van der Waals surface area contributed by atoms with Crippen LogP contribution in [0.2, 0.25) is 36.3 Å². The summed E-state index contributed by atoms with van der Waals surface area (Å²) in [5, 5.41) is 4.84. The predicted octanol–water partition coefficient (Wildman–Crippen LogP) is 6.41. The highest BCUT2D eigenvalue weighted by Crippen LogP contribution is 2.43. The van der Waals surface area contributed by atoms with Crippen molar-refractivity contribution in [2.45, 2.75) is 122 Å². The number of carbonyl (C=O) groups excluding carboxylic acids is 4. The van der Waals surface area contributed by atoms with E-state index < -0.39 is 64.9 Å². The lowest BCUT2D eigenvalue weighted by atomic mass is 10.1. The molecule has 0 aliphatic carbocycles. The molecule has 2 rings (SSSR count). The molecule has 11 nitrogen and oxygen atoms in total. The highest BCUT2D eigenvalue weighted by Gasteiger charge is 2.42. The van der Waals surface area contributed by atoms with E-state index in [9.17, 15) is 19.2 Å². The van der Waals surface area contributed by atoms with Gasteiger partial charge in [0.15, 0.2) is 0 Å². The fraction of sp³-hybridized carbons (Fsp3) is 0.688. The van der Waals surface area contributed by atoms with E-state index in [0.717, 1.165) is 0 Å². The average molecular weight is 699 g/mol. The Hall–Kier alpha value is -2.72. The molecule has 1 aromatic carbocycles. The Labute approximate surface area is 280 Å². The van der Waals surface area contributed by atoms with E-state index in [-0.39, 0.29) is 27.1 Å². The summed E-state index contributed by atoms with van der Waals surface area (Å²) < 4.78 is 29.5. The lowest BCUT2D eigenvalue weighted by Gasteiger charge is -2.39. The number of rotatable bonds is 6. The van der Waals surface area contributed by atoms with Gasteiger partial charge in [-0.3, -0.25) is 4.79 Å². The number of cyclic esters (lactones) is 1. The van der Waals surface area contributed by atoms with Gasteiger partial charge in [0.05, 0.1) is 12.7 Å². The molecule has 0 bridgehead atoms. The second-order valence-electron chi connectivity index (χ2n) is 15.6. The van der Waals surface area contributed by atoms with Gasteiger partial charge in [0.2, 0.25) is 22.5 Å². The Morgan fingerprint density at radius 2 is 1.50 bits per heavy atom. The molecule has 2 N–H and O–H groups in total. The number of alkyl carbamates (subject to hydrolysis) is 1. The van der Waals surface area contributed by atoms with Gasteiger partial charge in [0, 0.05) is 23.1 Å². The smallest absolute Gasteiger partial charge is 0.408 e. The van der Waals surface area contributed by atoms with Gasteiger partial charge in [0.25, 0.3) is 0 Å². The van der Waals surface area contributed by atoms with Crippen LogP contribution in [0.5, 0.6) is 11.5 Å². The van der Waals surface area contributed by atoms with Gasteiger partial charge in [-0.2, -0.15) is 11.8 Å². The van der Waals surface area contributed by atoms with Crippen LogP contribution in [-0.2, 0) is 29.6 Å². The van der Waals surface area contributed by atoms with Crippen LogP contribution < -0.4 is 19.5 Å². The molecule has 14 heteroatoms. The zero-order valence-corrected chi connectivity index (χ0v) is 32.8. The number of thioether (sulfide) groups is 1. The van der Waals surface area contributed by atoms with E-state index in [1.807, 2.05) is 6.07 Å². The van der Waals surface area contributed by atoms with E-state index in [1.54, 1.807) is 26.8 Å². The molecule has 1 heterocycles. The van der Waals surface area contributed by atoms with Crippen molar-refractivity contribution in [3.63, 3.8) is 0 Å². The highest BCUT2D eigenvalue weighted by molar-refractivity contribution is 7.98. The van der Waals surface area contributed by atoms with Gasteiger partial charge in [-0.25, -0.2) is 14.4 Å². The van der Waals surface area contributed by atoms with Crippen LogP contribution in [0.3, 0.4) is 0 Å². The minimum atomic E-state index is -2.41. The first kappa shape index (κ1) is 39.5. The Morgan fingerprint density at radius 3 is 2.02 bits per heavy atom. The quantitative estimate of drug-likeness (QED) is 0.195. The zero-order valence-electron chi connectivity index (χ0n) is 30.0. The van der Waals surface area contributed by atoms with Gasteiger partial charge in [-0.05, 0) is 63.1 Å². The van der Waals surface area contributed by atoms with E-state index in [0.29, 0.717) is 17.1 Å². The summed E-state index contributed by atoms with van der Waals surface area (Å²) in [6, 6.07) is 1.13. The minimum absolute atomic E-state index is 0.115. The van der Waals surface area contributed by atoms with Gasteiger partial charge in [-0.1, -0.05) is 41.5 Å². The SMILES string of the molecule is COC(=O)[C@@H]1CSCc2c(O[Si](C)(C)C(C)(C)C)cc(O[Si](C)(C)C(C)(C)C)cc2C(=O)OC[C@@H](NC(=O)OC(C)(C)C)C(=O)N1. The molecule has 260 valence electrons. The molecule has 2 amide bonds. The zero-order chi connectivity index (χ0) is 35.5. The molecule has 0 fully saturated rings. The summed E-state index contributed by atoms with van der Waals surface area (Å²) in [6.07, 6.45) is -0.879. The monoisotopic (exact) mass is 698 g/mol.